The van der Waals surface area contributed by atoms with Gasteiger partial charge < -0.3 is 20.2 Å². The Morgan fingerprint density at radius 2 is 2.08 bits per heavy atom. The number of rotatable bonds is 4. The lowest BCUT2D eigenvalue weighted by Gasteiger charge is -2.32. The second kappa shape index (κ2) is 5.54. The van der Waals surface area contributed by atoms with Crippen molar-refractivity contribution < 1.29 is 20.2 Å². The van der Waals surface area contributed by atoms with E-state index in [-0.39, 0.29) is 19.3 Å². The van der Waals surface area contributed by atoms with Gasteiger partial charge >= 0.3 is 0 Å². The van der Waals surface area contributed by atoms with E-state index in [0.29, 0.717) is 6.54 Å². The van der Waals surface area contributed by atoms with Gasteiger partial charge in [0.1, 0.15) is 18.7 Å². The van der Waals surface area contributed by atoms with E-state index in [4.69, 9.17) is 10.2 Å². The van der Waals surface area contributed by atoms with Gasteiger partial charge in [0, 0.05) is 6.42 Å². The molecule has 1 fully saturated rings. The van der Waals surface area contributed by atoms with E-state index in [1.165, 1.54) is 11.3 Å². The summed E-state index contributed by atoms with van der Waals surface area (Å²) >= 11 is 0. The fourth-order valence-corrected chi connectivity index (χ4v) is 2.01. The van der Waals surface area contributed by atoms with Crippen molar-refractivity contribution in [3.8, 4) is 0 Å². The number of aliphatic hydroxyl groups excluding tert-OH is 3. The quantitative estimate of drug-likeness (QED) is 0.406. The van der Waals surface area contributed by atoms with E-state index in [0.717, 1.165) is 19.4 Å². The van der Waals surface area contributed by atoms with Crippen molar-refractivity contribution in [1.29, 1.82) is 0 Å². The monoisotopic (exact) mass is 190 g/mol. The van der Waals surface area contributed by atoms with Crippen LogP contribution in [0.3, 0.4) is 0 Å². The van der Waals surface area contributed by atoms with Gasteiger partial charge in [0.15, 0.2) is 0 Å². The van der Waals surface area contributed by atoms with Crippen LogP contribution in [0.2, 0.25) is 0 Å². The van der Waals surface area contributed by atoms with Crippen LogP contribution in [0.4, 0.5) is 0 Å². The molecule has 0 aromatic rings. The molecular weight excluding hydrogens is 170 g/mol. The highest BCUT2D eigenvalue weighted by Gasteiger charge is 2.26. The topological polar surface area (TPSA) is 65.1 Å². The van der Waals surface area contributed by atoms with Crippen LogP contribution >= 0.6 is 0 Å². The molecule has 0 saturated carbocycles. The molecular formula is C9H20NO3+. The van der Waals surface area contributed by atoms with Gasteiger partial charge in [-0.2, -0.15) is 0 Å². The van der Waals surface area contributed by atoms with Crippen molar-refractivity contribution in [1.82, 2.24) is 0 Å². The molecule has 0 amide bonds. The first kappa shape index (κ1) is 10.9. The van der Waals surface area contributed by atoms with Gasteiger partial charge in [-0.15, -0.1) is 0 Å². The number of likely N-dealkylation sites (tertiary alicyclic amines) is 1. The van der Waals surface area contributed by atoms with Crippen LogP contribution in [-0.4, -0.2) is 53.8 Å². The zero-order valence-corrected chi connectivity index (χ0v) is 7.95. The fourth-order valence-electron chi connectivity index (χ4n) is 2.01. The highest BCUT2D eigenvalue weighted by atomic mass is 16.3. The van der Waals surface area contributed by atoms with Crippen LogP contribution in [0.15, 0.2) is 0 Å². The number of nitrogens with one attached hydrogen (secondary N) is 1. The lowest BCUT2D eigenvalue weighted by molar-refractivity contribution is -0.933. The van der Waals surface area contributed by atoms with Gasteiger partial charge in [-0.1, -0.05) is 0 Å². The molecule has 4 nitrogen and oxygen atoms in total. The third-order valence-corrected chi connectivity index (χ3v) is 2.81. The molecule has 4 N–H and O–H groups in total. The summed E-state index contributed by atoms with van der Waals surface area (Å²) in [4.78, 5) is 1.23. The molecule has 1 unspecified atom stereocenters. The number of hydrogen-bond acceptors (Lipinski definition) is 3. The summed E-state index contributed by atoms with van der Waals surface area (Å²) in [6.07, 6.45) is 2.72. The lowest BCUT2D eigenvalue weighted by Crippen LogP contribution is -3.18. The van der Waals surface area contributed by atoms with E-state index in [1.807, 2.05) is 0 Å². The molecule has 3 atom stereocenters. The van der Waals surface area contributed by atoms with Crippen molar-refractivity contribution in [2.75, 3.05) is 26.3 Å². The predicted octanol–water partition coefficient (Wildman–Crippen LogP) is -2.23. The molecule has 78 valence electrons. The average molecular weight is 190 g/mol. The zero-order valence-electron chi connectivity index (χ0n) is 7.95. The second-order valence-electron chi connectivity index (χ2n) is 3.82. The molecule has 1 rings (SSSR count). The van der Waals surface area contributed by atoms with Gasteiger partial charge in [-0.05, 0) is 12.8 Å². The van der Waals surface area contributed by atoms with Crippen molar-refractivity contribution in [3.05, 3.63) is 0 Å². The molecule has 1 aliphatic heterocycles. The molecule has 0 spiro atoms. The van der Waals surface area contributed by atoms with Crippen LogP contribution in [0, 0.1) is 0 Å². The summed E-state index contributed by atoms with van der Waals surface area (Å²) in [6.45, 7) is 1.57. The average Bonchev–Trinajstić information content (AvgIpc) is 2.18. The normalized spacial score (nSPS) is 31.6. The minimum atomic E-state index is -0.637. The van der Waals surface area contributed by atoms with Crippen molar-refractivity contribution in [2.45, 2.75) is 31.4 Å². The number of quaternary nitrogens is 1. The molecule has 0 radical (unpaired) electrons. The Morgan fingerprint density at radius 1 is 1.31 bits per heavy atom. The van der Waals surface area contributed by atoms with E-state index in [9.17, 15) is 5.11 Å². The van der Waals surface area contributed by atoms with E-state index >= 15 is 0 Å². The Labute approximate surface area is 78.8 Å². The molecule has 0 aromatic heterocycles. The summed E-state index contributed by atoms with van der Waals surface area (Å²) in [5.74, 6) is 0. The smallest absolute Gasteiger partial charge is 0.126 e. The molecule has 1 heterocycles. The third-order valence-electron chi connectivity index (χ3n) is 2.81. The van der Waals surface area contributed by atoms with Crippen molar-refractivity contribution in [2.24, 2.45) is 0 Å². The first-order chi connectivity index (χ1) is 6.27. The molecule has 4 heteroatoms. The molecule has 1 saturated heterocycles. The molecule has 0 aliphatic carbocycles. The summed E-state index contributed by atoms with van der Waals surface area (Å²) in [7, 11) is 0. The van der Waals surface area contributed by atoms with Gasteiger partial charge in [-0.25, -0.2) is 0 Å². The van der Waals surface area contributed by atoms with Crippen LogP contribution in [-0.2, 0) is 0 Å². The van der Waals surface area contributed by atoms with Crippen LogP contribution in [0.25, 0.3) is 0 Å². The second-order valence-corrected chi connectivity index (χ2v) is 3.82. The van der Waals surface area contributed by atoms with Gasteiger partial charge in [0.2, 0.25) is 0 Å². The standard InChI is InChI=1S/C9H19NO3/c11-6-8-3-1-2-4-10(8)5-9(13)7-12/h8-9,11-13H,1-7H2/p+1/t8-,9-/m1/s1. The van der Waals surface area contributed by atoms with Gasteiger partial charge in [-0.3, -0.25) is 0 Å². The molecule has 13 heavy (non-hydrogen) atoms. The number of aliphatic hydroxyl groups is 3. The van der Waals surface area contributed by atoms with E-state index in [2.05, 4.69) is 0 Å². The van der Waals surface area contributed by atoms with Gasteiger partial charge in [0.05, 0.1) is 19.8 Å². The predicted molar refractivity (Wildman–Crippen MR) is 48.5 cm³/mol. The third kappa shape index (κ3) is 3.23. The largest absolute Gasteiger partial charge is 0.393 e. The minimum Gasteiger partial charge on any atom is -0.393 e. The lowest BCUT2D eigenvalue weighted by atomic mass is 10.0. The fraction of sp³-hybridized carbons (Fsp3) is 1.00. The Morgan fingerprint density at radius 3 is 2.69 bits per heavy atom. The van der Waals surface area contributed by atoms with Crippen LogP contribution in [0.5, 0.6) is 0 Å². The SMILES string of the molecule is OC[C@H](O)C[NH+]1CCCC[C@@H]1CO. The van der Waals surface area contributed by atoms with Crippen LogP contribution < -0.4 is 4.90 Å². The highest BCUT2D eigenvalue weighted by Crippen LogP contribution is 2.02. The number of hydrogen-bond donors (Lipinski definition) is 4. The molecule has 1 aliphatic rings. The Kier molecular flexibility index (Phi) is 4.66. The van der Waals surface area contributed by atoms with Gasteiger partial charge in [0.25, 0.3) is 0 Å². The first-order valence-electron chi connectivity index (χ1n) is 5.02. The Bertz CT molecular complexity index is 143. The zero-order chi connectivity index (χ0) is 9.68. The summed E-state index contributed by atoms with van der Waals surface area (Å²) < 4.78 is 0. The Hall–Kier alpha value is -0.160. The van der Waals surface area contributed by atoms with Crippen molar-refractivity contribution in [3.63, 3.8) is 0 Å². The Balaban J connectivity index is 2.35. The summed E-state index contributed by atoms with van der Waals surface area (Å²) in [6, 6.07) is 0.259. The first-order valence-corrected chi connectivity index (χ1v) is 5.02. The number of piperidine rings is 1. The highest BCUT2D eigenvalue weighted by molar-refractivity contribution is 4.61. The van der Waals surface area contributed by atoms with E-state index in [1.54, 1.807) is 0 Å². The van der Waals surface area contributed by atoms with E-state index < -0.39 is 6.10 Å². The van der Waals surface area contributed by atoms with Crippen LogP contribution in [0.1, 0.15) is 19.3 Å². The molecule has 0 aromatic carbocycles. The summed E-state index contributed by atoms with van der Waals surface area (Å²) in [5, 5.41) is 27.1. The maximum Gasteiger partial charge on any atom is 0.126 e. The molecule has 0 bridgehead atoms. The van der Waals surface area contributed by atoms with Crippen molar-refractivity contribution >= 4 is 0 Å². The maximum atomic E-state index is 9.27. The maximum absolute atomic E-state index is 9.27. The minimum absolute atomic E-state index is 0.179. The summed E-state index contributed by atoms with van der Waals surface area (Å²) in [5.41, 5.74) is 0.